The Morgan fingerprint density at radius 2 is 2.15 bits per heavy atom. The van der Waals surface area contributed by atoms with Crippen molar-refractivity contribution in [2.24, 2.45) is 5.92 Å². The summed E-state index contributed by atoms with van der Waals surface area (Å²) in [4.78, 5) is 11.7. The van der Waals surface area contributed by atoms with Gasteiger partial charge in [0, 0.05) is 6.42 Å². The predicted molar refractivity (Wildman–Crippen MR) is 80.4 cm³/mol. The summed E-state index contributed by atoms with van der Waals surface area (Å²) >= 11 is 4.98. The summed E-state index contributed by atoms with van der Waals surface area (Å²) in [6, 6.07) is 6.18. The number of carbonyl (C=O) groups is 1. The minimum absolute atomic E-state index is 0.140. The molecule has 1 aromatic carbocycles. The van der Waals surface area contributed by atoms with Crippen molar-refractivity contribution in [2.75, 3.05) is 5.32 Å². The Bertz CT molecular complexity index is 533. The van der Waals surface area contributed by atoms with Crippen molar-refractivity contribution in [3.8, 4) is 0 Å². The number of nitrogens with one attached hydrogen (secondary N) is 3. The number of thiocarbonyl (C=S) groups is 1. The first-order valence-corrected chi connectivity index (χ1v) is 6.83. The number of hydrazine groups is 1. The normalized spacial score (nSPS) is 16.8. The minimum atomic E-state index is -0.404. The smallest absolute Gasteiger partial charge is 0.238 e. The summed E-state index contributed by atoms with van der Waals surface area (Å²) in [5.74, 6) is -0.247. The van der Waals surface area contributed by atoms with E-state index in [9.17, 15) is 9.18 Å². The number of anilines is 1. The van der Waals surface area contributed by atoms with Crippen molar-refractivity contribution < 1.29 is 9.18 Å². The van der Waals surface area contributed by atoms with Crippen LogP contribution in [0.3, 0.4) is 0 Å². The van der Waals surface area contributed by atoms with Gasteiger partial charge in [-0.05, 0) is 43.1 Å². The summed E-state index contributed by atoms with van der Waals surface area (Å²) in [6.45, 7) is 0. The van der Waals surface area contributed by atoms with Crippen LogP contribution in [0.25, 0.3) is 0 Å². The van der Waals surface area contributed by atoms with Gasteiger partial charge in [-0.1, -0.05) is 24.3 Å². The molecule has 0 saturated heterocycles. The van der Waals surface area contributed by atoms with E-state index in [1.54, 1.807) is 18.2 Å². The zero-order valence-corrected chi connectivity index (χ0v) is 11.7. The van der Waals surface area contributed by atoms with Gasteiger partial charge in [-0.2, -0.15) is 0 Å². The van der Waals surface area contributed by atoms with Gasteiger partial charge in [0.05, 0.1) is 5.69 Å². The molecule has 3 N–H and O–H groups in total. The van der Waals surface area contributed by atoms with Gasteiger partial charge in [-0.3, -0.25) is 15.6 Å². The molecular weight excluding hydrogens is 277 g/mol. The second kappa shape index (κ2) is 7.00. The number of carbonyl (C=O) groups excluding carboxylic acids is 1. The molecule has 0 heterocycles. The second-order valence-electron chi connectivity index (χ2n) is 4.58. The third-order valence-electron chi connectivity index (χ3n) is 3.00. The van der Waals surface area contributed by atoms with Gasteiger partial charge in [0.15, 0.2) is 5.11 Å². The average Bonchev–Trinajstić information content (AvgIpc) is 2.92. The van der Waals surface area contributed by atoms with Crippen LogP contribution in [0, 0.1) is 11.7 Å². The van der Waals surface area contributed by atoms with Crippen molar-refractivity contribution in [1.82, 2.24) is 10.9 Å². The van der Waals surface area contributed by atoms with Gasteiger partial charge in [0.1, 0.15) is 5.82 Å². The van der Waals surface area contributed by atoms with Crippen LogP contribution in [0.4, 0.5) is 10.1 Å². The van der Waals surface area contributed by atoms with Crippen LogP contribution < -0.4 is 16.2 Å². The maximum Gasteiger partial charge on any atom is 0.238 e. The fourth-order valence-electron chi connectivity index (χ4n) is 2.00. The lowest BCUT2D eigenvalue weighted by molar-refractivity contribution is -0.122. The van der Waals surface area contributed by atoms with Crippen LogP contribution in [0.15, 0.2) is 36.4 Å². The predicted octanol–water partition coefficient (Wildman–Crippen LogP) is 2.50. The Morgan fingerprint density at radius 1 is 1.35 bits per heavy atom. The van der Waals surface area contributed by atoms with Crippen LogP contribution in [0.5, 0.6) is 0 Å². The van der Waals surface area contributed by atoms with E-state index >= 15 is 0 Å². The highest BCUT2D eigenvalue weighted by Crippen LogP contribution is 2.19. The lowest BCUT2D eigenvalue weighted by atomic mass is 10.1. The second-order valence-corrected chi connectivity index (χ2v) is 4.99. The molecule has 106 valence electrons. The molecule has 0 radical (unpaired) electrons. The van der Waals surface area contributed by atoms with Gasteiger partial charge in [-0.25, -0.2) is 4.39 Å². The van der Waals surface area contributed by atoms with Gasteiger partial charge >= 0.3 is 0 Å². The fraction of sp³-hybridized carbons (Fsp3) is 0.286. The molecule has 1 aliphatic carbocycles. The molecule has 2 rings (SSSR count). The van der Waals surface area contributed by atoms with Crippen molar-refractivity contribution in [2.45, 2.75) is 19.3 Å². The van der Waals surface area contributed by atoms with E-state index in [-0.39, 0.29) is 16.7 Å². The minimum Gasteiger partial charge on any atom is -0.329 e. The first-order valence-electron chi connectivity index (χ1n) is 6.42. The number of hydrogen-bond donors (Lipinski definition) is 3. The topological polar surface area (TPSA) is 53.2 Å². The molecule has 0 spiro atoms. The zero-order valence-electron chi connectivity index (χ0n) is 10.9. The quantitative estimate of drug-likeness (QED) is 0.455. The average molecular weight is 293 g/mol. The molecule has 0 saturated carbocycles. The van der Waals surface area contributed by atoms with Gasteiger partial charge in [0.25, 0.3) is 0 Å². The lowest BCUT2D eigenvalue weighted by Crippen LogP contribution is -2.44. The summed E-state index contributed by atoms with van der Waals surface area (Å²) in [7, 11) is 0. The van der Waals surface area contributed by atoms with Gasteiger partial charge < -0.3 is 5.32 Å². The highest BCUT2D eigenvalue weighted by atomic mass is 32.1. The Kier molecular flexibility index (Phi) is 5.06. The van der Waals surface area contributed by atoms with Crippen LogP contribution in [-0.2, 0) is 4.79 Å². The number of allylic oxidation sites excluding steroid dienone is 2. The molecule has 1 amide bonds. The first kappa shape index (κ1) is 14.5. The maximum absolute atomic E-state index is 13.4. The Balaban J connectivity index is 1.73. The first-order chi connectivity index (χ1) is 9.65. The Hall–Kier alpha value is -1.95. The van der Waals surface area contributed by atoms with Crippen molar-refractivity contribution in [3.63, 3.8) is 0 Å². The zero-order chi connectivity index (χ0) is 14.4. The van der Waals surface area contributed by atoms with E-state index in [0.29, 0.717) is 12.3 Å². The van der Waals surface area contributed by atoms with Crippen molar-refractivity contribution in [1.29, 1.82) is 0 Å². The third-order valence-corrected chi connectivity index (χ3v) is 3.20. The number of halogens is 1. The van der Waals surface area contributed by atoms with E-state index in [1.165, 1.54) is 6.07 Å². The molecule has 4 nitrogen and oxygen atoms in total. The Labute approximate surface area is 122 Å². The van der Waals surface area contributed by atoms with E-state index in [4.69, 9.17) is 12.2 Å². The Morgan fingerprint density at radius 3 is 2.85 bits per heavy atom. The number of benzene rings is 1. The largest absolute Gasteiger partial charge is 0.329 e. The number of rotatable bonds is 3. The van der Waals surface area contributed by atoms with Crippen LogP contribution >= 0.6 is 12.2 Å². The van der Waals surface area contributed by atoms with Crippen molar-refractivity contribution in [3.05, 3.63) is 42.2 Å². The molecular formula is C14H16FN3OS. The molecule has 6 heteroatoms. The van der Waals surface area contributed by atoms with E-state index < -0.39 is 5.82 Å². The molecule has 0 aromatic heterocycles. The molecule has 1 atom stereocenters. The SMILES string of the molecule is O=C(C[C@@H]1C=CCC1)NNC(=S)Nc1ccccc1F. The molecule has 0 aliphatic heterocycles. The summed E-state index contributed by atoms with van der Waals surface area (Å²) in [5.41, 5.74) is 5.32. The molecule has 1 aliphatic rings. The summed E-state index contributed by atoms with van der Waals surface area (Å²) < 4.78 is 13.4. The molecule has 0 unspecified atom stereocenters. The molecule has 1 aromatic rings. The van der Waals surface area contributed by atoms with Gasteiger partial charge in [0.2, 0.25) is 5.91 Å². The number of para-hydroxylation sites is 1. The lowest BCUT2D eigenvalue weighted by Gasteiger charge is -2.13. The number of hydrogen-bond acceptors (Lipinski definition) is 2. The van der Waals surface area contributed by atoms with Crippen molar-refractivity contribution >= 4 is 28.9 Å². The van der Waals surface area contributed by atoms with E-state index in [0.717, 1.165) is 12.8 Å². The maximum atomic E-state index is 13.4. The monoisotopic (exact) mass is 293 g/mol. The highest BCUT2D eigenvalue weighted by molar-refractivity contribution is 7.80. The van der Waals surface area contributed by atoms with Crippen LogP contribution in [0.1, 0.15) is 19.3 Å². The summed E-state index contributed by atoms with van der Waals surface area (Å²) in [5, 5.41) is 2.82. The van der Waals surface area contributed by atoms with Crippen LogP contribution in [-0.4, -0.2) is 11.0 Å². The third kappa shape index (κ3) is 4.31. The number of amides is 1. The van der Waals surface area contributed by atoms with E-state index in [1.807, 2.05) is 0 Å². The highest BCUT2D eigenvalue weighted by Gasteiger charge is 2.13. The van der Waals surface area contributed by atoms with Crippen LogP contribution in [0.2, 0.25) is 0 Å². The molecule has 0 bridgehead atoms. The summed E-state index contributed by atoms with van der Waals surface area (Å²) in [6.07, 6.45) is 6.58. The molecule has 20 heavy (non-hydrogen) atoms. The van der Waals surface area contributed by atoms with Gasteiger partial charge in [-0.15, -0.1) is 0 Å². The standard InChI is InChI=1S/C14H16FN3OS/c15-11-7-3-4-8-12(11)16-14(20)18-17-13(19)9-10-5-1-2-6-10/h1,3-5,7-8,10H,2,6,9H2,(H,17,19)(H2,16,18,20)/t10-/m1/s1. The van der Waals surface area contributed by atoms with E-state index in [2.05, 4.69) is 28.3 Å². The fourth-order valence-corrected chi connectivity index (χ4v) is 2.16. The molecule has 0 fully saturated rings.